The molecule has 0 aromatic heterocycles. The number of benzene rings is 1. The van der Waals surface area contributed by atoms with Crippen molar-refractivity contribution in [1.29, 1.82) is 0 Å². The van der Waals surface area contributed by atoms with Gasteiger partial charge in [0.25, 0.3) is 5.91 Å². The SMILES string of the molecule is O=C(NC1C2CC3CC(C2)CC1C3)c1ccc(Br)c(Cl)c1. The first-order valence-electron chi connectivity index (χ1n) is 7.86. The van der Waals surface area contributed by atoms with E-state index in [1.807, 2.05) is 12.1 Å². The highest BCUT2D eigenvalue weighted by atomic mass is 79.9. The van der Waals surface area contributed by atoms with Crippen LogP contribution in [0, 0.1) is 23.7 Å². The van der Waals surface area contributed by atoms with Crippen LogP contribution in [-0.2, 0) is 0 Å². The standard InChI is InChI=1S/C17H19BrClNO/c18-14-2-1-11(8-15(14)19)17(21)20-16-12-4-9-3-10(6-12)7-13(16)5-9/h1-2,8-10,12-13,16H,3-7H2,(H,20,21). The molecule has 5 rings (SSSR count). The Kier molecular flexibility index (Phi) is 3.54. The maximum Gasteiger partial charge on any atom is 0.251 e. The van der Waals surface area contributed by atoms with Crippen LogP contribution in [0.25, 0.3) is 0 Å². The number of carbonyl (C=O) groups excluding carboxylic acids is 1. The Morgan fingerprint density at radius 1 is 1.10 bits per heavy atom. The normalized spacial score (nSPS) is 36.8. The summed E-state index contributed by atoms with van der Waals surface area (Å²) in [6.45, 7) is 0. The predicted molar refractivity (Wildman–Crippen MR) is 87.5 cm³/mol. The zero-order valence-electron chi connectivity index (χ0n) is 11.8. The molecule has 1 aromatic carbocycles. The van der Waals surface area contributed by atoms with Gasteiger partial charge in [0.1, 0.15) is 0 Å². The number of hydrogen-bond donors (Lipinski definition) is 1. The molecule has 1 amide bonds. The van der Waals surface area contributed by atoms with Crippen LogP contribution in [-0.4, -0.2) is 11.9 Å². The first-order chi connectivity index (χ1) is 10.1. The second-order valence-electron chi connectivity index (χ2n) is 7.06. The van der Waals surface area contributed by atoms with Crippen molar-refractivity contribution in [2.75, 3.05) is 0 Å². The Bertz CT molecular complexity index is 560. The van der Waals surface area contributed by atoms with E-state index >= 15 is 0 Å². The fourth-order valence-electron chi connectivity index (χ4n) is 5.03. The minimum atomic E-state index is 0.0295. The average Bonchev–Trinajstić information content (AvgIpc) is 2.45. The smallest absolute Gasteiger partial charge is 0.251 e. The quantitative estimate of drug-likeness (QED) is 0.808. The summed E-state index contributed by atoms with van der Waals surface area (Å²) in [5, 5.41) is 3.90. The lowest BCUT2D eigenvalue weighted by molar-refractivity contribution is -0.0119. The van der Waals surface area contributed by atoms with E-state index in [4.69, 9.17) is 11.6 Å². The van der Waals surface area contributed by atoms with Crippen LogP contribution in [0.5, 0.6) is 0 Å². The highest BCUT2D eigenvalue weighted by Gasteiger charge is 2.48. The molecule has 4 heteroatoms. The second kappa shape index (κ2) is 5.27. The Labute approximate surface area is 138 Å². The van der Waals surface area contributed by atoms with Gasteiger partial charge >= 0.3 is 0 Å². The molecule has 0 heterocycles. The molecule has 1 aromatic rings. The van der Waals surface area contributed by atoms with Gasteiger partial charge in [-0.15, -0.1) is 0 Å². The van der Waals surface area contributed by atoms with Crippen LogP contribution in [0.2, 0.25) is 5.02 Å². The molecule has 0 radical (unpaired) electrons. The van der Waals surface area contributed by atoms with Gasteiger partial charge in [-0.05, 0) is 89.9 Å². The van der Waals surface area contributed by atoms with E-state index in [-0.39, 0.29) is 5.91 Å². The summed E-state index contributed by atoms with van der Waals surface area (Å²) in [6, 6.07) is 5.81. The van der Waals surface area contributed by atoms with Gasteiger partial charge in [0, 0.05) is 16.1 Å². The molecule has 0 aliphatic heterocycles. The Morgan fingerprint density at radius 2 is 1.71 bits per heavy atom. The van der Waals surface area contributed by atoms with Crippen LogP contribution < -0.4 is 5.32 Å². The van der Waals surface area contributed by atoms with Crippen molar-refractivity contribution in [3.8, 4) is 0 Å². The molecule has 0 atom stereocenters. The van der Waals surface area contributed by atoms with Crippen molar-refractivity contribution in [2.24, 2.45) is 23.7 Å². The van der Waals surface area contributed by atoms with Crippen LogP contribution in [0.4, 0.5) is 0 Å². The van der Waals surface area contributed by atoms with Crippen molar-refractivity contribution in [3.05, 3.63) is 33.3 Å². The van der Waals surface area contributed by atoms with Crippen LogP contribution in [0.3, 0.4) is 0 Å². The molecular formula is C17H19BrClNO. The zero-order chi connectivity index (χ0) is 14.6. The van der Waals surface area contributed by atoms with E-state index < -0.39 is 0 Å². The van der Waals surface area contributed by atoms with Crippen LogP contribution in [0.15, 0.2) is 22.7 Å². The molecule has 0 unspecified atom stereocenters. The van der Waals surface area contributed by atoms with E-state index in [1.165, 1.54) is 32.1 Å². The molecule has 0 spiro atoms. The Morgan fingerprint density at radius 3 is 2.29 bits per heavy atom. The summed E-state index contributed by atoms with van der Waals surface area (Å²) < 4.78 is 0.829. The Balaban J connectivity index is 1.50. The molecular weight excluding hydrogens is 350 g/mol. The first-order valence-corrected chi connectivity index (χ1v) is 9.03. The van der Waals surface area contributed by atoms with Gasteiger partial charge in [-0.25, -0.2) is 0 Å². The van der Waals surface area contributed by atoms with Crippen molar-refractivity contribution in [3.63, 3.8) is 0 Å². The van der Waals surface area contributed by atoms with Gasteiger partial charge in [0.15, 0.2) is 0 Å². The van der Waals surface area contributed by atoms with Gasteiger partial charge in [-0.3, -0.25) is 4.79 Å². The van der Waals surface area contributed by atoms with E-state index in [2.05, 4.69) is 21.2 Å². The van der Waals surface area contributed by atoms with Gasteiger partial charge in [-0.2, -0.15) is 0 Å². The molecule has 4 aliphatic carbocycles. The molecule has 4 bridgehead atoms. The number of carbonyl (C=O) groups is 1. The molecule has 4 saturated carbocycles. The maximum atomic E-state index is 12.5. The van der Waals surface area contributed by atoms with Crippen molar-refractivity contribution in [2.45, 2.75) is 38.1 Å². The topological polar surface area (TPSA) is 29.1 Å². The van der Waals surface area contributed by atoms with E-state index in [0.717, 1.165) is 16.3 Å². The predicted octanol–water partition coefficient (Wildman–Crippen LogP) is 4.66. The van der Waals surface area contributed by atoms with E-state index in [1.54, 1.807) is 6.07 Å². The highest BCUT2D eigenvalue weighted by molar-refractivity contribution is 9.10. The lowest BCUT2D eigenvalue weighted by Crippen LogP contribution is -2.55. The van der Waals surface area contributed by atoms with Crippen LogP contribution >= 0.6 is 27.5 Å². The third kappa shape index (κ3) is 2.53. The maximum absolute atomic E-state index is 12.5. The molecule has 0 saturated heterocycles. The molecule has 4 fully saturated rings. The lowest BCUT2D eigenvalue weighted by atomic mass is 9.54. The average molecular weight is 369 g/mol. The molecule has 2 nitrogen and oxygen atoms in total. The molecule has 21 heavy (non-hydrogen) atoms. The van der Waals surface area contributed by atoms with Crippen LogP contribution in [0.1, 0.15) is 42.5 Å². The Hall–Kier alpha value is -0.540. The fraction of sp³-hybridized carbons (Fsp3) is 0.588. The number of nitrogens with one attached hydrogen (secondary N) is 1. The molecule has 112 valence electrons. The molecule has 4 aliphatic rings. The first kappa shape index (κ1) is 14.1. The minimum Gasteiger partial charge on any atom is -0.349 e. The lowest BCUT2D eigenvalue weighted by Gasteiger charge is -2.54. The summed E-state index contributed by atoms with van der Waals surface area (Å²) in [7, 11) is 0. The van der Waals surface area contributed by atoms with Gasteiger partial charge in [-0.1, -0.05) is 11.6 Å². The molecule has 1 N–H and O–H groups in total. The monoisotopic (exact) mass is 367 g/mol. The summed E-state index contributed by atoms with van der Waals surface area (Å²) >= 11 is 9.46. The highest BCUT2D eigenvalue weighted by Crippen LogP contribution is 2.53. The summed E-state index contributed by atoms with van der Waals surface area (Å²) in [6.07, 6.45) is 6.71. The van der Waals surface area contributed by atoms with E-state index in [9.17, 15) is 4.79 Å². The summed E-state index contributed by atoms with van der Waals surface area (Å²) in [4.78, 5) is 12.5. The number of amides is 1. The van der Waals surface area contributed by atoms with Gasteiger partial charge in [0.2, 0.25) is 0 Å². The fourth-order valence-corrected chi connectivity index (χ4v) is 5.46. The summed E-state index contributed by atoms with van der Waals surface area (Å²) in [5.74, 6) is 3.31. The number of hydrogen-bond acceptors (Lipinski definition) is 1. The van der Waals surface area contributed by atoms with Crippen molar-refractivity contribution < 1.29 is 4.79 Å². The van der Waals surface area contributed by atoms with Crippen molar-refractivity contribution >= 4 is 33.4 Å². The second-order valence-corrected chi connectivity index (χ2v) is 8.32. The zero-order valence-corrected chi connectivity index (χ0v) is 14.2. The number of halogens is 2. The largest absolute Gasteiger partial charge is 0.349 e. The third-order valence-corrected chi connectivity index (χ3v) is 6.94. The minimum absolute atomic E-state index is 0.0295. The third-order valence-electron chi connectivity index (χ3n) is 5.71. The van der Waals surface area contributed by atoms with Gasteiger partial charge < -0.3 is 5.32 Å². The van der Waals surface area contributed by atoms with Crippen molar-refractivity contribution in [1.82, 2.24) is 5.32 Å². The van der Waals surface area contributed by atoms with E-state index in [0.29, 0.717) is 28.5 Å². The summed E-state index contributed by atoms with van der Waals surface area (Å²) in [5.41, 5.74) is 0.664. The number of rotatable bonds is 2. The van der Waals surface area contributed by atoms with Gasteiger partial charge in [0.05, 0.1) is 5.02 Å².